The topological polar surface area (TPSA) is 143 Å². The number of ether oxygens (including phenoxy) is 1. The average molecular weight is 534 g/mol. The van der Waals surface area contributed by atoms with E-state index in [1.165, 1.54) is 62.3 Å². The summed E-state index contributed by atoms with van der Waals surface area (Å²) >= 11 is 0. The van der Waals surface area contributed by atoms with Gasteiger partial charge in [-0.05, 0) is 64.1 Å². The molecule has 0 saturated heterocycles. The predicted molar refractivity (Wildman–Crippen MR) is 135 cm³/mol. The largest absolute Gasteiger partial charge is 0.476 e. The van der Waals surface area contributed by atoms with Crippen molar-refractivity contribution < 1.29 is 32.2 Å². The van der Waals surface area contributed by atoms with Crippen LogP contribution < -0.4 is 14.8 Å². The Balaban J connectivity index is 2.20. The van der Waals surface area contributed by atoms with Crippen molar-refractivity contribution in [3.63, 3.8) is 0 Å². The maximum atomic E-state index is 13.9. The Hall–Kier alpha value is -3.97. The lowest BCUT2D eigenvalue weighted by Crippen LogP contribution is -2.40. The minimum absolute atomic E-state index is 0.0916. The maximum absolute atomic E-state index is 13.9. The molecule has 1 heterocycles. The zero-order chi connectivity index (χ0) is 27.7. The summed E-state index contributed by atoms with van der Waals surface area (Å²) < 4.78 is 50.2. The van der Waals surface area contributed by atoms with Crippen LogP contribution in [-0.4, -0.2) is 59.8 Å². The predicted octanol–water partition coefficient (Wildman–Crippen LogP) is 3.98. The minimum atomic E-state index is -4.20. The molecule has 11 nitrogen and oxygen atoms in total. The second-order valence-electron chi connectivity index (χ2n) is 9.42. The van der Waals surface area contributed by atoms with Crippen LogP contribution in [0, 0.1) is 12.7 Å². The van der Waals surface area contributed by atoms with Crippen LogP contribution in [0.3, 0.4) is 0 Å². The number of nitrogens with zero attached hydrogens (tertiary/aromatic N) is 3. The molecule has 0 fully saturated rings. The van der Waals surface area contributed by atoms with Gasteiger partial charge in [0.1, 0.15) is 16.5 Å². The fraction of sp³-hybridized carbons (Fsp3) is 0.292. The number of benzene rings is 2. The molecule has 0 spiro atoms. The third-order valence-electron chi connectivity index (χ3n) is 4.86. The van der Waals surface area contributed by atoms with Gasteiger partial charge in [-0.2, -0.15) is 9.78 Å². The normalized spacial score (nSPS) is 11.8. The molecule has 0 aliphatic rings. The lowest BCUT2D eigenvalue weighted by atomic mass is 10.1. The fourth-order valence-corrected chi connectivity index (χ4v) is 4.84. The van der Waals surface area contributed by atoms with Gasteiger partial charge < -0.3 is 20.1 Å². The van der Waals surface area contributed by atoms with Gasteiger partial charge in [-0.15, -0.1) is 0 Å². The number of halogens is 1. The number of hydrogen-bond acceptors (Lipinski definition) is 6. The molecule has 0 radical (unpaired) electrons. The summed E-state index contributed by atoms with van der Waals surface area (Å²) in [5, 5.41) is 16.2. The van der Waals surface area contributed by atoms with Crippen LogP contribution in [-0.2, 0) is 10.0 Å². The van der Waals surface area contributed by atoms with E-state index in [1.54, 1.807) is 20.8 Å². The number of amides is 2. The number of carbonyl (C=O) groups excluding carboxylic acids is 1. The van der Waals surface area contributed by atoms with Gasteiger partial charge in [0.15, 0.2) is 5.69 Å². The lowest BCUT2D eigenvalue weighted by molar-refractivity contribution is 0.0689. The average Bonchev–Trinajstić information content (AvgIpc) is 3.09. The highest BCUT2D eigenvalue weighted by Crippen LogP contribution is 2.35. The van der Waals surface area contributed by atoms with Gasteiger partial charge >= 0.3 is 12.0 Å². The number of carboxylic acid groups (broad SMARTS) is 1. The molecular formula is C24H28FN5O6S. The number of carboxylic acids is 1. The molecule has 0 atom stereocenters. The fourth-order valence-electron chi connectivity index (χ4n) is 3.26. The molecule has 13 heteroatoms. The van der Waals surface area contributed by atoms with Crippen LogP contribution in [0.4, 0.5) is 14.9 Å². The van der Waals surface area contributed by atoms with E-state index in [0.717, 1.165) is 10.7 Å². The standard InChI is InChI=1S/C24H28FN5O6S/c1-14-20(22(31)32)27-30(17-9-7-8-15(25)12-17)21(14)36-18-11-10-16(26-23(33)29(5)6)13-19(18)37(34,35)28-24(2,3)4/h7-13,28H,1-6H3,(H,26,33)(H,31,32). The number of aromatic carboxylic acids is 1. The van der Waals surface area contributed by atoms with E-state index in [4.69, 9.17) is 4.74 Å². The third-order valence-corrected chi connectivity index (χ3v) is 6.64. The van der Waals surface area contributed by atoms with Crippen molar-refractivity contribution in [2.24, 2.45) is 0 Å². The van der Waals surface area contributed by atoms with Crippen LogP contribution in [0.2, 0.25) is 0 Å². The van der Waals surface area contributed by atoms with E-state index in [0.29, 0.717) is 0 Å². The summed E-state index contributed by atoms with van der Waals surface area (Å²) in [7, 11) is -1.14. The zero-order valence-corrected chi connectivity index (χ0v) is 22.0. The Labute approximate surface area is 213 Å². The highest BCUT2D eigenvalue weighted by Gasteiger charge is 2.29. The first kappa shape index (κ1) is 27.6. The number of rotatable bonds is 7. The van der Waals surface area contributed by atoms with Crippen molar-refractivity contribution in [2.75, 3.05) is 19.4 Å². The number of anilines is 1. The van der Waals surface area contributed by atoms with Crippen molar-refractivity contribution in [3.8, 4) is 17.3 Å². The molecule has 0 aliphatic carbocycles. The Kier molecular flexibility index (Phi) is 7.60. The van der Waals surface area contributed by atoms with E-state index in [-0.39, 0.29) is 39.2 Å². The van der Waals surface area contributed by atoms with Crippen LogP contribution >= 0.6 is 0 Å². The number of hydrogen-bond donors (Lipinski definition) is 3. The van der Waals surface area contributed by atoms with Gasteiger partial charge in [0.25, 0.3) is 0 Å². The first-order valence-corrected chi connectivity index (χ1v) is 12.5. The van der Waals surface area contributed by atoms with Crippen molar-refractivity contribution in [3.05, 3.63) is 59.5 Å². The summed E-state index contributed by atoms with van der Waals surface area (Å²) in [5.41, 5.74) is -0.769. The molecule has 0 bridgehead atoms. The Morgan fingerprint density at radius 2 is 1.81 bits per heavy atom. The molecule has 3 rings (SSSR count). The van der Waals surface area contributed by atoms with Gasteiger partial charge in [-0.1, -0.05) is 6.07 Å². The molecule has 2 amide bonds. The molecule has 1 aromatic heterocycles. The van der Waals surface area contributed by atoms with Crippen molar-refractivity contribution in [2.45, 2.75) is 38.1 Å². The molecule has 0 saturated carbocycles. The summed E-state index contributed by atoms with van der Waals surface area (Å²) in [6.07, 6.45) is 0. The molecule has 0 unspecified atom stereocenters. The second kappa shape index (κ2) is 10.2. The van der Waals surface area contributed by atoms with Gasteiger partial charge in [0, 0.05) is 30.9 Å². The smallest absolute Gasteiger partial charge is 0.356 e. The number of carbonyl (C=O) groups is 2. The number of nitrogens with one attached hydrogen (secondary N) is 2. The van der Waals surface area contributed by atoms with E-state index < -0.39 is 33.4 Å². The van der Waals surface area contributed by atoms with E-state index >= 15 is 0 Å². The maximum Gasteiger partial charge on any atom is 0.356 e. The monoisotopic (exact) mass is 533 g/mol. The lowest BCUT2D eigenvalue weighted by Gasteiger charge is -2.22. The highest BCUT2D eigenvalue weighted by molar-refractivity contribution is 7.89. The van der Waals surface area contributed by atoms with Crippen molar-refractivity contribution in [1.29, 1.82) is 0 Å². The molecule has 3 N–H and O–H groups in total. The Bertz CT molecular complexity index is 1460. The van der Waals surface area contributed by atoms with Crippen LogP contribution in [0.5, 0.6) is 11.6 Å². The van der Waals surface area contributed by atoms with Crippen LogP contribution in [0.15, 0.2) is 47.4 Å². The number of sulfonamides is 1. The van der Waals surface area contributed by atoms with Gasteiger partial charge in [0.05, 0.1) is 5.69 Å². The van der Waals surface area contributed by atoms with E-state index in [9.17, 15) is 27.5 Å². The molecular weight excluding hydrogens is 505 g/mol. The summed E-state index contributed by atoms with van der Waals surface area (Å²) in [4.78, 5) is 24.9. The van der Waals surface area contributed by atoms with Gasteiger partial charge in [-0.25, -0.2) is 27.1 Å². The SMILES string of the molecule is Cc1c(C(=O)O)nn(-c2cccc(F)c2)c1Oc1ccc(NC(=O)N(C)C)cc1S(=O)(=O)NC(C)(C)C. The first-order valence-electron chi connectivity index (χ1n) is 11.0. The summed E-state index contributed by atoms with van der Waals surface area (Å²) in [6, 6.07) is 8.75. The minimum Gasteiger partial charge on any atom is -0.476 e. The molecule has 37 heavy (non-hydrogen) atoms. The third kappa shape index (κ3) is 6.43. The van der Waals surface area contributed by atoms with Crippen molar-refractivity contribution >= 4 is 27.7 Å². The van der Waals surface area contributed by atoms with Gasteiger partial charge in [0.2, 0.25) is 15.9 Å². The molecule has 3 aromatic rings. The highest BCUT2D eigenvalue weighted by atomic mass is 32.2. The van der Waals surface area contributed by atoms with Crippen LogP contribution in [0.25, 0.3) is 5.69 Å². The summed E-state index contributed by atoms with van der Waals surface area (Å²) in [6.45, 7) is 6.41. The van der Waals surface area contributed by atoms with E-state index in [1.807, 2.05) is 0 Å². The van der Waals surface area contributed by atoms with E-state index in [2.05, 4.69) is 15.1 Å². The summed E-state index contributed by atoms with van der Waals surface area (Å²) in [5.74, 6) is -2.23. The van der Waals surface area contributed by atoms with Gasteiger partial charge in [-0.3, -0.25) is 0 Å². The molecule has 0 aliphatic heterocycles. The molecule has 2 aromatic carbocycles. The first-order chi connectivity index (χ1) is 17.1. The zero-order valence-electron chi connectivity index (χ0n) is 21.2. The van der Waals surface area contributed by atoms with Crippen LogP contribution in [0.1, 0.15) is 36.8 Å². The number of urea groups is 1. The Morgan fingerprint density at radius 1 is 1.14 bits per heavy atom. The molecule has 198 valence electrons. The number of aromatic nitrogens is 2. The second-order valence-corrected chi connectivity index (χ2v) is 11.1. The quantitative estimate of drug-likeness (QED) is 0.417. The Morgan fingerprint density at radius 3 is 2.38 bits per heavy atom. The van der Waals surface area contributed by atoms with Crippen molar-refractivity contribution in [1.82, 2.24) is 19.4 Å².